The molecule has 0 saturated carbocycles. The minimum atomic E-state index is -1.32. The van der Waals surface area contributed by atoms with Crippen molar-refractivity contribution >= 4 is 58.0 Å². The van der Waals surface area contributed by atoms with Crippen LogP contribution < -0.4 is 0 Å². The molecule has 0 aliphatic heterocycles. The maximum atomic E-state index is 10.8. The molecule has 16 heavy (non-hydrogen) atoms. The minimum Gasteiger partial charge on any atom is -0.476 e. The molecule has 0 aliphatic rings. The average Bonchev–Trinajstić information content (AvgIpc) is 2.50. The number of hydrogen-bond acceptors (Lipinski definition) is 3. The Morgan fingerprint density at radius 1 is 1.06 bits per heavy atom. The molecule has 5 nitrogen and oxygen atoms in total. The molecule has 0 aromatic carbocycles. The number of fused-ring (bicyclic) bond motifs is 1. The zero-order valence-electron chi connectivity index (χ0n) is 7.21. The molecule has 0 atom stereocenters. The molecule has 0 saturated heterocycles. The summed E-state index contributed by atoms with van der Waals surface area (Å²) >= 11 is 23.0. The van der Waals surface area contributed by atoms with Gasteiger partial charge in [-0.05, 0) is 0 Å². The molecule has 0 radical (unpaired) electrons. The number of imidazole rings is 1. The summed E-state index contributed by atoms with van der Waals surface area (Å²) in [6.07, 6.45) is 0. The Balaban J connectivity index is 2.97. The number of aromatic nitrogens is 3. The third kappa shape index (κ3) is 1.60. The van der Waals surface area contributed by atoms with Crippen molar-refractivity contribution in [1.82, 2.24) is 14.4 Å². The third-order valence-electron chi connectivity index (χ3n) is 1.77. The number of halogens is 4. The summed E-state index contributed by atoms with van der Waals surface area (Å²) in [5.41, 5.74) is -0.318. The first-order valence-electron chi connectivity index (χ1n) is 3.75. The third-order valence-corrected chi connectivity index (χ3v) is 3.08. The van der Waals surface area contributed by atoms with Crippen LogP contribution in [-0.4, -0.2) is 25.4 Å². The second-order valence-corrected chi connectivity index (χ2v) is 4.13. The van der Waals surface area contributed by atoms with Crippen LogP contribution in [0.1, 0.15) is 10.5 Å². The Kier molecular flexibility index (Phi) is 2.88. The Morgan fingerprint density at radius 2 is 1.69 bits per heavy atom. The highest BCUT2D eigenvalue weighted by atomic mass is 35.5. The number of carboxylic acids is 1. The van der Waals surface area contributed by atoms with Crippen molar-refractivity contribution in [2.24, 2.45) is 0 Å². The van der Waals surface area contributed by atoms with E-state index in [2.05, 4.69) is 9.97 Å². The molecule has 1 N–H and O–H groups in total. The zero-order chi connectivity index (χ0) is 12.0. The topological polar surface area (TPSA) is 67.5 Å². The highest BCUT2D eigenvalue weighted by molar-refractivity contribution is 6.42. The Labute approximate surface area is 109 Å². The van der Waals surface area contributed by atoms with Crippen LogP contribution in [0.3, 0.4) is 0 Å². The van der Waals surface area contributed by atoms with E-state index in [1.807, 2.05) is 0 Å². The first-order chi connectivity index (χ1) is 7.43. The highest BCUT2D eigenvalue weighted by Gasteiger charge is 2.21. The molecule has 2 rings (SSSR count). The van der Waals surface area contributed by atoms with Gasteiger partial charge >= 0.3 is 5.97 Å². The summed E-state index contributed by atoms with van der Waals surface area (Å²) in [4.78, 5) is 18.2. The normalized spacial score (nSPS) is 11.0. The van der Waals surface area contributed by atoms with Crippen LogP contribution in [-0.2, 0) is 0 Å². The number of carboxylic acid groups (broad SMARTS) is 1. The van der Waals surface area contributed by atoms with Gasteiger partial charge in [0.2, 0.25) is 0 Å². The van der Waals surface area contributed by atoms with Crippen LogP contribution in [0.4, 0.5) is 0 Å². The van der Waals surface area contributed by atoms with E-state index in [-0.39, 0.29) is 26.3 Å². The quantitative estimate of drug-likeness (QED) is 0.879. The van der Waals surface area contributed by atoms with E-state index >= 15 is 0 Å². The van der Waals surface area contributed by atoms with E-state index in [0.717, 1.165) is 4.40 Å². The van der Waals surface area contributed by atoms with Gasteiger partial charge in [-0.2, -0.15) is 0 Å². The number of aromatic carboxylic acids is 1. The molecule has 2 aromatic rings. The van der Waals surface area contributed by atoms with Gasteiger partial charge in [-0.1, -0.05) is 46.4 Å². The van der Waals surface area contributed by atoms with Gasteiger partial charge in [0.15, 0.2) is 26.8 Å². The summed E-state index contributed by atoms with van der Waals surface area (Å²) in [6, 6.07) is 0. The van der Waals surface area contributed by atoms with E-state index < -0.39 is 11.7 Å². The van der Waals surface area contributed by atoms with Gasteiger partial charge in [0.05, 0.1) is 0 Å². The summed E-state index contributed by atoms with van der Waals surface area (Å²) in [7, 11) is 0. The zero-order valence-corrected chi connectivity index (χ0v) is 10.2. The molecule has 2 heterocycles. The Morgan fingerprint density at radius 3 is 2.25 bits per heavy atom. The van der Waals surface area contributed by atoms with Crippen molar-refractivity contribution in [1.29, 1.82) is 0 Å². The smallest absolute Gasteiger partial charge is 0.357 e. The highest BCUT2D eigenvalue weighted by Crippen LogP contribution is 2.30. The van der Waals surface area contributed by atoms with Gasteiger partial charge in [-0.15, -0.1) is 0 Å². The van der Waals surface area contributed by atoms with Crippen LogP contribution >= 0.6 is 46.4 Å². The fourth-order valence-electron chi connectivity index (χ4n) is 1.13. The molecule has 0 unspecified atom stereocenters. The van der Waals surface area contributed by atoms with E-state index in [1.165, 1.54) is 0 Å². The summed E-state index contributed by atoms with van der Waals surface area (Å²) in [5.74, 6) is -1.32. The minimum absolute atomic E-state index is 0.0199. The Bertz CT molecular complexity index is 609. The second kappa shape index (κ2) is 3.92. The van der Waals surface area contributed by atoms with E-state index in [0.29, 0.717) is 0 Å². The Hall–Kier alpha value is -0.750. The van der Waals surface area contributed by atoms with Crippen LogP contribution in [0.25, 0.3) is 5.65 Å². The lowest BCUT2D eigenvalue weighted by molar-refractivity contribution is 0.0690. The predicted molar refractivity (Wildman–Crippen MR) is 60.0 cm³/mol. The molecule has 9 heteroatoms. The van der Waals surface area contributed by atoms with Gasteiger partial charge < -0.3 is 5.11 Å². The van der Waals surface area contributed by atoms with E-state index in [1.54, 1.807) is 0 Å². The van der Waals surface area contributed by atoms with Gasteiger partial charge in [-0.25, -0.2) is 14.8 Å². The SMILES string of the molecule is O=C(O)c1nc(Cl)c2nc(Cl)c(Cl)n2c1Cl. The van der Waals surface area contributed by atoms with Crippen molar-refractivity contribution in [3.8, 4) is 0 Å². The van der Waals surface area contributed by atoms with Gasteiger partial charge in [0, 0.05) is 0 Å². The lowest BCUT2D eigenvalue weighted by atomic mass is 10.4. The molecular weight excluding hydrogens is 300 g/mol. The maximum Gasteiger partial charge on any atom is 0.357 e. The van der Waals surface area contributed by atoms with Crippen molar-refractivity contribution in [2.75, 3.05) is 0 Å². The largest absolute Gasteiger partial charge is 0.476 e. The molecule has 0 fully saturated rings. The molecule has 2 aromatic heterocycles. The van der Waals surface area contributed by atoms with E-state index in [9.17, 15) is 4.79 Å². The van der Waals surface area contributed by atoms with Crippen molar-refractivity contribution in [3.05, 3.63) is 26.3 Å². The molecular formula is C7HCl4N3O2. The van der Waals surface area contributed by atoms with Gasteiger partial charge in [0.1, 0.15) is 5.15 Å². The predicted octanol–water partition coefficient (Wildman–Crippen LogP) is 3.04. The average molecular weight is 301 g/mol. The first kappa shape index (κ1) is 11.7. The van der Waals surface area contributed by atoms with Gasteiger partial charge in [-0.3, -0.25) is 4.40 Å². The monoisotopic (exact) mass is 299 g/mol. The standard InChI is InChI=1S/C7HCl4N3O2/c8-2-5(11)14-4(10)1(7(15)16)12-3(9)6(14)13-2/h(H,15,16). The number of rotatable bonds is 1. The summed E-state index contributed by atoms with van der Waals surface area (Å²) in [5, 5.41) is 8.42. The lowest BCUT2D eigenvalue weighted by Crippen LogP contribution is -2.06. The number of nitrogens with zero attached hydrogens (tertiary/aromatic N) is 3. The summed E-state index contributed by atoms with van der Waals surface area (Å²) in [6.45, 7) is 0. The molecule has 0 aliphatic carbocycles. The first-order valence-corrected chi connectivity index (χ1v) is 5.26. The lowest BCUT2D eigenvalue weighted by Gasteiger charge is -2.03. The maximum absolute atomic E-state index is 10.8. The number of carbonyl (C=O) groups is 1. The van der Waals surface area contributed by atoms with Crippen molar-refractivity contribution in [3.63, 3.8) is 0 Å². The van der Waals surface area contributed by atoms with Gasteiger partial charge in [0.25, 0.3) is 0 Å². The second-order valence-electron chi connectivity index (χ2n) is 2.70. The molecule has 0 bridgehead atoms. The van der Waals surface area contributed by atoms with Crippen LogP contribution in [0.2, 0.25) is 20.6 Å². The van der Waals surface area contributed by atoms with Crippen LogP contribution in [0.15, 0.2) is 0 Å². The van der Waals surface area contributed by atoms with Crippen molar-refractivity contribution in [2.45, 2.75) is 0 Å². The molecule has 0 spiro atoms. The molecule has 84 valence electrons. The van der Waals surface area contributed by atoms with E-state index in [4.69, 9.17) is 51.5 Å². The van der Waals surface area contributed by atoms with Crippen molar-refractivity contribution < 1.29 is 9.90 Å². The molecule has 0 amide bonds. The van der Waals surface area contributed by atoms with Crippen LogP contribution in [0, 0.1) is 0 Å². The fraction of sp³-hybridized carbons (Fsp3) is 0. The van der Waals surface area contributed by atoms with Crippen LogP contribution in [0.5, 0.6) is 0 Å². The summed E-state index contributed by atoms with van der Waals surface area (Å²) < 4.78 is 1.12. The number of hydrogen-bond donors (Lipinski definition) is 1. The fourth-order valence-corrected chi connectivity index (χ4v) is 2.04.